The first kappa shape index (κ1) is 15.8. The molecular formula is C13H21NO4S. The monoisotopic (exact) mass is 287 g/mol. The van der Waals surface area contributed by atoms with Crippen LogP contribution in [0.3, 0.4) is 0 Å². The largest absolute Gasteiger partial charge is 0.497 e. The van der Waals surface area contributed by atoms with Crippen LogP contribution in [-0.2, 0) is 10.0 Å². The summed E-state index contributed by atoms with van der Waals surface area (Å²) in [6.45, 7) is 5.74. The van der Waals surface area contributed by atoms with Gasteiger partial charge >= 0.3 is 0 Å². The molecule has 0 bridgehead atoms. The molecule has 0 radical (unpaired) electrons. The Balaban J connectivity index is 3.19. The lowest BCUT2D eigenvalue weighted by atomic mass is 10.1. The molecule has 0 aliphatic rings. The Morgan fingerprint density at radius 3 is 2.21 bits per heavy atom. The average Bonchev–Trinajstić information content (AvgIpc) is 2.37. The molecular weight excluding hydrogens is 266 g/mol. The Kier molecular flexibility index (Phi) is 5.20. The van der Waals surface area contributed by atoms with E-state index in [0.717, 1.165) is 0 Å². The molecule has 0 heterocycles. The maximum absolute atomic E-state index is 12.3. The smallest absolute Gasteiger partial charge is 0.244 e. The van der Waals surface area contributed by atoms with Crippen molar-refractivity contribution in [1.82, 2.24) is 4.72 Å². The van der Waals surface area contributed by atoms with Crippen molar-refractivity contribution in [1.29, 1.82) is 0 Å². The van der Waals surface area contributed by atoms with Crippen LogP contribution in [0.4, 0.5) is 0 Å². The van der Waals surface area contributed by atoms with Crippen molar-refractivity contribution in [3.05, 3.63) is 18.2 Å². The number of hydrogen-bond donors (Lipinski definition) is 1. The zero-order chi connectivity index (χ0) is 14.6. The van der Waals surface area contributed by atoms with Crippen molar-refractivity contribution in [3.63, 3.8) is 0 Å². The maximum Gasteiger partial charge on any atom is 0.244 e. The summed E-state index contributed by atoms with van der Waals surface area (Å²) in [6.07, 6.45) is 0. The van der Waals surface area contributed by atoms with Crippen molar-refractivity contribution in [2.45, 2.75) is 31.7 Å². The molecule has 5 nitrogen and oxygen atoms in total. The number of nitrogens with one attached hydrogen (secondary N) is 1. The number of hydrogen-bond acceptors (Lipinski definition) is 4. The molecule has 108 valence electrons. The van der Waals surface area contributed by atoms with Crippen LogP contribution in [0, 0.1) is 5.92 Å². The van der Waals surface area contributed by atoms with E-state index in [1.807, 2.05) is 20.8 Å². The summed E-state index contributed by atoms with van der Waals surface area (Å²) in [6, 6.07) is 4.52. The van der Waals surface area contributed by atoms with Gasteiger partial charge < -0.3 is 9.47 Å². The van der Waals surface area contributed by atoms with Crippen LogP contribution in [0.5, 0.6) is 11.5 Å². The van der Waals surface area contributed by atoms with Gasteiger partial charge in [-0.2, -0.15) is 0 Å². The van der Waals surface area contributed by atoms with Crippen molar-refractivity contribution in [3.8, 4) is 11.5 Å². The quantitative estimate of drug-likeness (QED) is 0.869. The summed E-state index contributed by atoms with van der Waals surface area (Å²) in [4.78, 5) is 0.0850. The van der Waals surface area contributed by atoms with E-state index >= 15 is 0 Å². The average molecular weight is 287 g/mol. The van der Waals surface area contributed by atoms with E-state index in [4.69, 9.17) is 9.47 Å². The molecule has 1 rings (SSSR count). The van der Waals surface area contributed by atoms with Gasteiger partial charge in [-0.15, -0.1) is 0 Å². The molecule has 0 aliphatic heterocycles. The van der Waals surface area contributed by atoms with E-state index < -0.39 is 10.0 Å². The van der Waals surface area contributed by atoms with Gasteiger partial charge in [0.1, 0.15) is 16.4 Å². The van der Waals surface area contributed by atoms with Gasteiger partial charge in [-0.3, -0.25) is 0 Å². The number of methoxy groups -OCH3 is 2. The lowest BCUT2D eigenvalue weighted by Crippen LogP contribution is -2.36. The van der Waals surface area contributed by atoms with Crippen molar-refractivity contribution < 1.29 is 17.9 Å². The third-order valence-electron chi connectivity index (χ3n) is 3.00. The highest BCUT2D eigenvalue weighted by atomic mass is 32.2. The molecule has 1 aromatic rings. The summed E-state index contributed by atoms with van der Waals surface area (Å²) in [5.74, 6) is 0.967. The van der Waals surface area contributed by atoms with Crippen LogP contribution in [0.1, 0.15) is 20.8 Å². The second-order valence-electron chi connectivity index (χ2n) is 4.67. The summed E-state index contributed by atoms with van der Waals surface area (Å²) < 4.78 is 37.5. The molecule has 0 aromatic heterocycles. The fourth-order valence-electron chi connectivity index (χ4n) is 1.44. The summed E-state index contributed by atoms with van der Waals surface area (Å²) in [7, 11) is -0.709. The fourth-order valence-corrected chi connectivity index (χ4v) is 3.01. The second kappa shape index (κ2) is 6.25. The maximum atomic E-state index is 12.3. The van der Waals surface area contributed by atoms with E-state index in [0.29, 0.717) is 11.5 Å². The van der Waals surface area contributed by atoms with Gasteiger partial charge in [0.05, 0.1) is 14.2 Å². The van der Waals surface area contributed by atoms with Crippen LogP contribution in [0.2, 0.25) is 0 Å². The molecule has 6 heteroatoms. The van der Waals surface area contributed by atoms with Crippen molar-refractivity contribution in [2.75, 3.05) is 14.2 Å². The molecule has 0 unspecified atom stereocenters. The van der Waals surface area contributed by atoms with Gasteiger partial charge in [0.25, 0.3) is 0 Å². The highest BCUT2D eigenvalue weighted by Crippen LogP contribution is 2.28. The molecule has 0 spiro atoms. The second-order valence-corrected chi connectivity index (χ2v) is 6.35. The van der Waals surface area contributed by atoms with Crippen molar-refractivity contribution in [2.24, 2.45) is 5.92 Å². The van der Waals surface area contributed by atoms with Gasteiger partial charge in [-0.1, -0.05) is 13.8 Å². The number of sulfonamides is 1. The molecule has 0 saturated carbocycles. The van der Waals surface area contributed by atoms with Crippen LogP contribution < -0.4 is 14.2 Å². The topological polar surface area (TPSA) is 64.6 Å². The normalized spacial score (nSPS) is 13.4. The van der Waals surface area contributed by atoms with Crippen LogP contribution in [0.15, 0.2) is 23.1 Å². The third kappa shape index (κ3) is 3.84. The first-order valence-corrected chi connectivity index (χ1v) is 7.54. The standard InChI is InChI=1S/C13H21NO4S/c1-9(2)10(3)14-19(15,16)13-8-11(17-4)6-7-12(13)18-5/h6-10,14H,1-5H3/t10-/m0/s1. The number of ether oxygens (including phenoxy) is 2. The first-order chi connectivity index (χ1) is 8.81. The first-order valence-electron chi connectivity index (χ1n) is 6.06. The molecule has 1 aromatic carbocycles. The summed E-state index contributed by atoms with van der Waals surface area (Å²) >= 11 is 0. The Hall–Kier alpha value is -1.27. The lowest BCUT2D eigenvalue weighted by Gasteiger charge is -2.19. The summed E-state index contributed by atoms with van der Waals surface area (Å²) in [5.41, 5.74) is 0. The van der Waals surface area contributed by atoms with E-state index in [1.165, 1.54) is 20.3 Å². The van der Waals surface area contributed by atoms with Gasteiger partial charge in [0.15, 0.2) is 0 Å². The predicted molar refractivity (Wildman–Crippen MR) is 74.2 cm³/mol. The number of benzene rings is 1. The molecule has 0 saturated heterocycles. The highest BCUT2D eigenvalue weighted by molar-refractivity contribution is 7.89. The third-order valence-corrected chi connectivity index (χ3v) is 4.58. The lowest BCUT2D eigenvalue weighted by molar-refractivity contribution is 0.391. The zero-order valence-electron chi connectivity index (χ0n) is 11.9. The highest BCUT2D eigenvalue weighted by Gasteiger charge is 2.23. The Morgan fingerprint density at radius 2 is 1.74 bits per heavy atom. The Morgan fingerprint density at radius 1 is 1.11 bits per heavy atom. The molecule has 1 N–H and O–H groups in total. The van der Waals surface area contributed by atoms with Gasteiger partial charge in [0.2, 0.25) is 10.0 Å². The molecule has 0 amide bonds. The summed E-state index contributed by atoms with van der Waals surface area (Å²) in [5, 5.41) is 0. The van der Waals surface area contributed by atoms with E-state index in [9.17, 15) is 8.42 Å². The van der Waals surface area contributed by atoms with Gasteiger partial charge in [-0.25, -0.2) is 13.1 Å². The van der Waals surface area contributed by atoms with Crippen LogP contribution in [0.25, 0.3) is 0 Å². The van der Waals surface area contributed by atoms with Crippen molar-refractivity contribution >= 4 is 10.0 Å². The van der Waals surface area contributed by atoms with E-state index in [-0.39, 0.29) is 16.9 Å². The fraction of sp³-hybridized carbons (Fsp3) is 0.538. The van der Waals surface area contributed by atoms with E-state index in [2.05, 4.69) is 4.72 Å². The predicted octanol–water partition coefficient (Wildman–Crippen LogP) is 2.03. The minimum atomic E-state index is -3.63. The minimum absolute atomic E-state index is 0.0850. The van der Waals surface area contributed by atoms with E-state index in [1.54, 1.807) is 12.1 Å². The molecule has 19 heavy (non-hydrogen) atoms. The van der Waals surface area contributed by atoms with Crippen LogP contribution in [-0.4, -0.2) is 28.7 Å². The van der Waals surface area contributed by atoms with Gasteiger partial charge in [-0.05, 0) is 25.0 Å². The molecule has 0 aliphatic carbocycles. The Bertz CT molecular complexity index is 525. The van der Waals surface area contributed by atoms with Gasteiger partial charge in [0, 0.05) is 12.1 Å². The Labute approximate surface area is 115 Å². The van der Waals surface area contributed by atoms with Crippen LogP contribution >= 0.6 is 0 Å². The SMILES string of the molecule is COc1ccc(OC)c(S(=O)(=O)N[C@@H](C)C(C)C)c1. The minimum Gasteiger partial charge on any atom is -0.497 e. The molecule has 0 fully saturated rings. The molecule has 1 atom stereocenters. The zero-order valence-corrected chi connectivity index (χ0v) is 12.7. The number of rotatable bonds is 6.